The van der Waals surface area contributed by atoms with Crippen molar-refractivity contribution < 1.29 is 9.29 Å². The van der Waals surface area contributed by atoms with Gasteiger partial charge in [0.05, 0.1) is 19.3 Å². The quantitative estimate of drug-likeness (QED) is 0.542. The zero-order chi connectivity index (χ0) is 22.0. The summed E-state index contributed by atoms with van der Waals surface area (Å²) in [6.45, 7) is 7.94. The van der Waals surface area contributed by atoms with Crippen LogP contribution in [0.4, 0.5) is 5.95 Å². The van der Waals surface area contributed by atoms with Gasteiger partial charge in [0.15, 0.2) is 5.65 Å². The number of hydrogen-bond acceptors (Lipinski definition) is 7. The number of nitrogens with one attached hydrogen (secondary N) is 2. The molecule has 1 aliphatic heterocycles. The number of fused-ring (bicyclic) bond motifs is 1. The molecule has 31 heavy (non-hydrogen) atoms. The van der Waals surface area contributed by atoms with Crippen molar-refractivity contribution >= 4 is 22.8 Å². The molecule has 0 amide bonds. The van der Waals surface area contributed by atoms with Gasteiger partial charge in [0, 0.05) is 28.8 Å². The van der Waals surface area contributed by atoms with E-state index in [4.69, 9.17) is 9.72 Å². The van der Waals surface area contributed by atoms with Gasteiger partial charge in [-0.15, -0.1) is 4.98 Å². The van der Waals surface area contributed by atoms with Crippen LogP contribution in [0.3, 0.4) is 0 Å². The monoisotopic (exact) mass is 442 g/mol. The number of rotatable bonds is 7. The Kier molecular flexibility index (Phi) is 6.64. The zero-order valence-corrected chi connectivity index (χ0v) is 19.3. The topological polar surface area (TPSA) is 99.4 Å². The molecule has 0 radical (unpaired) electrons. The van der Waals surface area contributed by atoms with Crippen molar-refractivity contribution in [2.75, 3.05) is 25.5 Å². The van der Waals surface area contributed by atoms with Gasteiger partial charge in [0.1, 0.15) is 11.0 Å². The van der Waals surface area contributed by atoms with Crippen LogP contribution in [0.5, 0.6) is 5.75 Å². The summed E-state index contributed by atoms with van der Waals surface area (Å²) in [5.41, 5.74) is 2.72. The number of piperidine rings is 1. The summed E-state index contributed by atoms with van der Waals surface area (Å²) in [5, 5.41) is 11.7. The molecule has 166 valence electrons. The molecule has 1 aliphatic rings. The van der Waals surface area contributed by atoms with Crippen LogP contribution in [0, 0.1) is 0 Å². The van der Waals surface area contributed by atoms with Crippen LogP contribution in [0.25, 0.3) is 5.65 Å². The first-order valence-electron chi connectivity index (χ1n) is 10.8. The van der Waals surface area contributed by atoms with Crippen LogP contribution in [-0.4, -0.2) is 49.6 Å². The first-order chi connectivity index (χ1) is 15.0. The fourth-order valence-electron chi connectivity index (χ4n) is 3.91. The summed E-state index contributed by atoms with van der Waals surface area (Å²) in [6, 6.07) is 7.78. The Balaban J connectivity index is 1.74. The van der Waals surface area contributed by atoms with Gasteiger partial charge in [-0.25, -0.2) is 0 Å². The lowest BCUT2D eigenvalue weighted by Crippen LogP contribution is -2.39. The Morgan fingerprint density at radius 2 is 2.03 bits per heavy atom. The van der Waals surface area contributed by atoms with E-state index in [-0.39, 0.29) is 17.2 Å². The molecule has 0 saturated carbocycles. The molecular formula is C22H30N6O2S. The first-order valence-corrected chi connectivity index (χ1v) is 12.0. The zero-order valence-electron chi connectivity index (χ0n) is 18.5. The van der Waals surface area contributed by atoms with Crippen molar-refractivity contribution in [3.63, 3.8) is 0 Å². The van der Waals surface area contributed by atoms with Crippen LogP contribution < -0.4 is 15.4 Å². The van der Waals surface area contributed by atoms with Crippen LogP contribution in [0.2, 0.25) is 0 Å². The SMILES string of the molecule is COc1ccccc1[C@H](C)Nc1nc([S@+]([O-])C2CCCNC2)nc2c(C(C)C)cnn12. The van der Waals surface area contributed by atoms with Gasteiger partial charge in [0.25, 0.3) is 0 Å². The fourth-order valence-corrected chi connectivity index (χ4v) is 5.21. The first kappa shape index (κ1) is 21.9. The number of benzene rings is 1. The highest BCUT2D eigenvalue weighted by Crippen LogP contribution is 2.29. The molecule has 2 N–H and O–H groups in total. The fraction of sp³-hybridized carbons (Fsp3) is 0.500. The van der Waals surface area contributed by atoms with Gasteiger partial charge in [-0.3, -0.25) is 0 Å². The van der Waals surface area contributed by atoms with Crippen molar-refractivity contribution in [2.45, 2.75) is 56.0 Å². The lowest BCUT2D eigenvalue weighted by atomic mass is 10.1. The van der Waals surface area contributed by atoms with E-state index in [1.54, 1.807) is 11.6 Å². The molecule has 1 aromatic carbocycles. The van der Waals surface area contributed by atoms with Gasteiger partial charge in [0.2, 0.25) is 5.95 Å². The summed E-state index contributed by atoms with van der Waals surface area (Å²) < 4.78 is 20.6. The summed E-state index contributed by atoms with van der Waals surface area (Å²) in [4.78, 5) is 9.38. The number of methoxy groups -OCH3 is 1. The summed E-state index contributed by atoms with van der Waals surface area (Å²) in [5.74, 6) is 1.57. The molecule has 4 rings (SSSR count). The number of ether oxygens (including phenoxy) is 1. The Morgan fingerprint density at radius 1 is 1.23 bits per heavy atom. The molecule has 8 nitrogen and oxygen atoms in total. The maximum atomic E-state index is 13.3. The molecule has 1 saturated heterocycles. The molecule has 1 fully saturated rings. The number of para-hydroxylation sites is 1. The van der Waals surface area contributed by atoms with Crippen LogP contribution in [-0.2, 0) is 11.2 Å². The number of hydrogen-bond donors (Lipinski definition) is 2. The normalized spacial score (nSPS) is 18.8. The third-order valence-corrected chi connectivity index (χ3v) is 7.23. The van der Waals surface area contributed by atoms with E-state index in [9.17, 15) is 4.55 Å². The van der Waals surface area contributed by atoms with Crippen LogP contribution in [0.15, 0.2) is 35.6 Å². The molecule has 0 aliphatic carbocycles. The van der Waals surface area contributed by atoms with E-state index in [1.807, 2.05) is 37.4 Å². The lowest BCUT2D eigenvalue weighted by molar-refractivity contribution is 0.408. The molecule has 3 aromatic rings. The number of nitrogens with zero attached hydrogens (tertiary/aromatic N) is 4. The van der Waals surface area contributed by atoms with Crippen molar-refractivity contribution in [1.82, 2.24) is 24.9 Å². The van der Waals surface area contributed by atoms with Crippen molar-refractivity contribution in [3.05, 3.63) is 41.6 Å². The van der Waals surface area contributed by atoms with Gasteiger partial charge in [-0.2, -0.15) is 14.6 Å². The van der Waals surface area contributed by atoms with Gasteiger partial charge >= 0.3 is 5.16 Å². The summed E-state index contributed by atoms with van der Waals surface area (Å²) in [6.07, 6.45) is 3.74. The molecular weight excluding hydrogens is 412 g/mol. The molecule has 1 unspecified atom stereocenters. The standard InChI is InChI=1S/C22H30N6O2S/c1-14(2)18-13-24-28-20(18)26-22(31(29)16-8-7-11-23-12-16)27-21(28)25-15(3)17-9-5-6-10-19(17)30-4/h5-6,9-10,13-16,23H,7-8,11-12H2,1-4H3,(H,25,26,27)/t15-,16?,31+/m0/s1. The summed E-state index contributed by atoms with van der Waals surface area (Å²) in [7, 11) is 1.66. The molecule has 0 spiro atoms. The van der Waals surface area contributed by atoms with E-state index in [0.717, 1.165) is 42.8 Å². The van der Waals surface area contributed by atoms with Gasteiger partial charge in [-0.05, 0) is 38.3 Å². The van der Waals surface area contributed by atoms with Gasteiger partial charge in [-0.1, -0.05) is 32.0 Å². The minimum Gasteiger partial charge on any atom is -0.609 e. The average Bonchev–Trinajstić information content (AvgIpc) is 3.23. The van der Waals surface area contributed by atoms with Crippen LogP contribution in [0.1, 0.15) is 56.7 Å². The number of aromatic nitrogens is 4. The second-order valence-corrected chi connectivity index (χ2v) is 9.82. The van der Waals surface area contributed by atoms with Crippen molar-refractivity contribution in [1.29, 1.82) is 0 Å². The highest BCUT2D eigenvalue weighted by molar-refractivity contribution is 7.91. The predicted molar refractivity (Wildman–Crippen MR) is 122 cm³/mol. The van der Waals surface area contributed by atoms with E-state index >= 15 is 0 Å². The third-order valence-electron chi connectivity index (χ3n) is 5.68. The van der Waals surface area contributed by atoms with Crippen molar-refractivity contribution in [3.8, 4) is 5.75 Å². The maximum Gasteiger partial charge on any atom is 0.348 e. The smallest absolute Gasteiger partial charge is 0.348 e. The minimum atomic E-state index is -1.30. The van der Waals surface area contributed by atoms with Crippen LogP contribution >= 0.6 is 0 Å². The van der Waals surface area contributed by atoms with E-state index < -0.39 is 11.2 Å². The largest absolute Gasteiger partial charge is 0.609 e. The molecule has 3 heterocycles. The van der Waals surface area contributed by atoms with Crippen molar-refractivity contribution in [2.24, 2.45) is 0 Å². The Hall–Kier alpha value is -2.36. The minimum absolute atomic E-state index is 0.0149. The average molecular weight is 443 g/mol. The molecule has 2 aromatic heterocycles. The molecule has 9 heteroatoms. The van der Waals surface area contributed by atoms with E-state index in [0.29, 0.717) is 16.8 Å². The van der Waals surface area contributed by atoms with E-state index in [1.165, 1.54) is 0 Å². The Morgan fingerprint density at radius 3 is 2.74 bits per heavy atom. The summed E-state index contributed by atoms with van der Waals surface area (Å²) >= 11 is -1.30. The Bertz CT molecular complexity index is 1030. The third kappa shape index (κ3) is 4.49. The predicted octanol–water partition coefficient (Wildman–Crippen LogP) is 3.29. The Labute approximate surface area is 186 Å². The lowest BCUT2D eigenvalue weighted by Gasteiger charge is -2.24. The highest BCUT2D eigenvalue weighted by Gasteiger charge is 2.31. The maximum absolute atomic E-state index is 13.3. The second kappa shape index (κ2) is 9.42. The number of anilines is 1. The van der Waals surface area contributed by atoms with E-state index in [2.05, 4.69) is 34.6 Å². The second-order valence-electron chi connectivity index (χ2n) is 8.19. The molecule has 3 atom stereocenters. The van der Waals surface area contributed by atoms with Gasteiger partial charge < -0.3 is 19.9 Å². The highest BCUT2D eigenvalue weighted by atomic mass is 32.2. The molecule has 0 bridgehead atoms.